The van der Waals surface area contributed by atoms with Gasteiger partial charge in [-0.25, -0.2) is 18.4 Å². The smallest absolute Gasteiger partial charge is 0.137 e. The van der Waals surface area contributed by atoms with Gasteiger partial charge in [-0.05, 0) is 30.3 Å². The normalized spacial score (nSPS) is 14.2. The van der Waals surface area contributed by atoms with Crippen LogP contribution in [0.1, 0.15) is 29.7 Å². The Balaban J connectivity index is 1.82. The highest BCUT2D eigenvalue weighted by Crippen LogP contribution is 2.39. The summed E-state index contributed by atoms with van der Waals surface area (Å²) in [6, 6.07) is 13.8. The molecule has 0 spiro atoms. The van der Waals surface area contributed by atoms with Crippen molar-refractivity contribution in [1.29, 1.82) is 5.26 Å². The van der Waals surface area contributed by atoms with Crippen LogP contribution < -0.4 is 0 Å². The highest BCUT2D eigenvalue weighted by molar-refractivity contribution is 5.80. The number of rotatable bonds is 5. The number of aromatic nitrogens is 4. The third-order valence-electron chi connectivity index (χ3n) is 5.27. The third-order valence-corrected chi connectivity index (χ3v) is 5.27. The van der Waals surface area contributed by atoms with Crippen molar-refractivity contribution in [2.75, 3.05) is 0 Å². The van der Waals surface area contributed by atoms with Crippen molar-refractivity contribution in [3.8, 4) is 6.07 Å². The van der Waals surface area contributed by atoms with E-state index < -0.39 is 23.2 Å². The van der Waals surface area contributed by atoms with Crippen LogP contribution in [-0.2, 0) is 12.1 Å². The number of hydrogen-bond acceptors (Lipinski definition) is 5. The highest BCUT2D eigenvalue weighted by Gasteiger charge is 2.40. The minimum atomic E-state index is -1.78. The van der Waals surface area contributed by atoms with Gasteiger partial charge in [-0.1, -0.05) is 19.1 Å². The minimum absolute atomic E-state index is 0.0615. The van der Waals surface area contributed by atoms with Gasteiger partial charge in [0.15, 0.2) is 0 Å². The number of aliphatic hydroxyl groups is 1. The maximum atomic E-state index is 14.7. The lowest BCUT2D eigenvalue weighted by Gasteiger charge is -2.34. The van der Waals surface area contributed by atoms with Crippen LogP contribution in [-0.4, -0.2) is 24.9 Å². The van der Waals surface area contributed by atoms with Crippen LogP contribution in [0.4, 0.5) is 8.78 Å². The Morgan fingerprint density at radius 1 is 1.17 bits per heavy atom. The van der Waals surface area contributed by atoms with Gasteiger partial charge in [0.1, 0.15) is 29.9 Å². The van der Waals surface area contributed by atoms with Crippen molar-refractivity contribution < 1.29 is 13.9 Å². The molecule has 150 valence electrons. The lowest BCUT2D eigenvalue weighted by molar-refractivity contribution is -0.0122. The van der Waals surface area contributed by atoms with Crippen LogP contribution in [0.25, 0.3) is 10.9 Å². The first-order valence-electron chi connectivity index (χ1n) is 9.22. The first kappa shape index (κ1) is 19.6. The van der Waals surface area contributed by atoms with E-state index in [1.165, 1.54) is 23.4 Å². The van der Waals surface area contributed by atoms with Gasteiger partial charge >= 0.3 is 0 Å². The molecule has 0 fully saturated rings. The molecule has 8 heteroatoms. The molecule has 1 N–H and O–H groups in total. The Labute approximate surface area is 171 Å². The number of halogens is 2. The van der Waals surface area contributed by atoms with E-state index in [2.05, 4.69) is 21.1 Å². The van der Waals surface area contributed by atoms with Crippen LogP contribution in [0.5, 0.6) is 0 Å². The third kappa shape index (κ3) is 3.51. The number of hydrogen-bond donors (Lipinski definition) is 1. The predicted octanol–water partition coefficient (Wildman–Crippen LogP) is 3.67. The van der Waals surface area contributed by atoms with Crippen LogP contribution in [0, 0.1) is 23.0 Å². The molecule has 4 aromatic rings. The average molecular weight is 405 g/mol. The van der Waals surface area contributed by atoms with Gasteiger partial charge in [0.05, 0.1) is 23.7 Å². The van der Waals surface area contributed by atoms with Gasteiger partial charge in [0, 0.05) is 28.6 Å². The first-order valence-corrected chi connectivity index (χ1v) is 9.22. The molecule has 0 aliphatic carbocycles. The molecule has 6 nitrogen and oxygen atoms in total. The van der Waals surface area contributed by atoms with Crippen molar-refractivity contribution >= 4 is 10.9 Å². The summed E-state index contributed by atoms with van der Waals surface area (Å²) >= 11 is 0. The van der Waals surface area contributed by atoms with E-state index in [-0.39, 0.29) is 12.1 Å². The van der Waals surface area contributed by atoms with Crippen LogP contribution in [0.15, 0.2) is 61.2 Å². The quantitative estimate of drug-likeness (QED) is 0.547. The Morgan fingerprint density at radius 3 is 2.70 bits per heavy atom. The molecule has 0 bridgehead atoms. The van der Waals surface area contributed by atoms with Gasteiger partial charge in [0.25, 0.3) is 0 Å². The SMILES string of the molecule is CC(c1ccc2cc(C#N)ccc2n1)C(O)(Cn1cncn1)c1ccc(F)cc1F. The zero-order valence-electron chi connectivity index (χ0n) is 16.0. The summed E-state index contributed by atoms with van der Waals surface area (Å²) in [5.41, 5.74) is -0.173. The molecule has 2 heterocycles. The number of nitrogens with zero attached hydrogens (tertiary/aromatic N) is 5. The van der Waals surface area contributed by atoms with Gasteiger partial charge in [-0.15, -0.1) is 0 Å². The van der Waals surface area contributed by atoms with E-state index in [0.29, 0.717) is 16.8 Å². The molecule has 2 aromatic carbocycles. The van der Waals surface area contributed by atoms with E-state index in [0.717, 1.165) is 17.5 Å². The fourth-order valence-corrected chi connectivity index (χ4v) is 3.55. The molecule has 2 unspecified atom stereocenters. The second-order valence-electron chi connectivity index (χ2n) is 7.12. The second-order valence-corrected chi connectivity index (χ2v) is 7.12. The van der Waals surface area contributed by atoms with Gasteiger partial charge in [-0.2, -0.15) is 10.4 Å². The summed E-state index contributed by atoms with van der Waals surface area (Å²) in [6.07, 6.45) is 2.73. The molecule has 2 aromatic heterocycles. The number of benzene rings is 2. The van der Waals surface area contributed by atoms with E-state index in [1.54, 1.807) is 37.3 Å². The Kier molecular flexibility index (Phi) is 4.98. The molecule has 30 heavy (non-hydrogen) atoms. The average Bonchev–Trinajstić information content (AvgIpc) is 3.25. The summed E-state index contributed by atoms with van der Waals surface area (Å²) in [5.74, 6) is -2.27. The van der Waals surface area contributed by atoms with Crippen molar-refractivity contribution in [3.63, 3.8) is 0 Å². The molecule has 0 aliphatic rings. The lowest BCUT2D eigenvalue weighted by Crippen LogP contribution is -2.38. The van der Waals surface area contributed by atoms with E-state index >= 15 is 0 Å². The molecule has 0 amide bonds. The fourth-order valence-electron chi connectivity index (χ4n) is 3.55. The van der Waals surface area contributed by atoms with E-state index in [1.807, 2.05) is 0 Å². The molecular formula is C22H17F2N5O. The van der Waals surface area contributed by atoms with Crippen molar-refractivity contribution in [2.24, 2.45) is 0 Å². The predicted molar refractivity (Wildman–Crippen MR) is 105 cm³/mol. The molecule has 0 radical (unpaired) electrons. The molecule has 0 saturated carbocycles. The monoisotopic (exact) mass is 405 g/mol. The standard InChI is InChI=1S/C22H17F2N5O/c1-14(20-7-3-16-8-15(10-25)2-6-21(16)28-20)22(30,11-29-13-26-12-27-29)18-5-4-17(23)9-19(18)24/h2-9,12-14,30H,11H2,1H3. The van der Waals surface area contributed by atoms with Crippen molar-refractivity contribution in [1.82, 2.24) is 19.7 Å². The van der Waals surface area contributed by atoms with Gasteiger partial charge < -0.3 is 5.11 Å². The van der Waals surface area contributed by atoms with Crippen molar-refractivity contribution in [2.45, 2.75) is 25.0 Å². The maximum Gasteiger partial charge on any atom is 0.137 e. The Morgan fingerprint density at radius 2 is 2.00 bits per heavy atom. The Hall–Kier alpha value is -3.70. The Bertz CT molecular complexity index is 1250. The van der Waals surface area contributed by atoms with Crippen LogP contribution >= 0.6 is 0 Å². The second kappa shape index (κ2) is 7.61. The summed E-state index contributed by atoms with van der Waals surface area (Å²) in [4.78, 5) is 8.48. The topological polar surface area (TPSA) is 87.6 Å². The van der Waals surface area contributed by atoms with Gasteiger partial charge in [0.2, 0.25) is 0 Å². The molecule has 4 rings (SSSR count). The maximum absolute atomic E-state index is 14.7. The minimum Gasteiger partial charge on any atom is -0.382 e. The highest BCUT2D eigenvalue weighted by atomic mass is 19.1. The number of fused-ring (bicyclic) bond motifs is 1. The first-order chi connectivity index (χ1) is 14.4. The summed E-state index contributed by atoms with van der Waals surface area (Å²) < 4.78 is 29.6. The fraction of sp³-hybridized carbons (Fsp3) is 0.182. The lowest BCUT2D eigenvalue weighted by atomic mass is 9.79. The summed E-state index contributed by atoms with van der Waals surface area (Å²) in [6.45, 7) is 1.61. The molecule has 0 aliphatic heterocycles. The molecular weight excluding hydrogens is 388 g/mol. The van der Waals surface area contributed by atoms with Crippen LogP contribution in [0.3, 0.4) is 0 Å². The van der Waals surface area contributed by atoms with E-state index in [4.69, 9.17) is 5.26 Å². The zero-order valence-corrected chi connectivity index (χ0v) is 16.0. The summed E-state index contributed by atoms with van der Waals surface area (Å²) in [5, 5.41) is 25.5. The largest absolute Gasteiger partial charge is 0.382 e. The molecule has 0 saturated heterocycles. The van der Waals surface area contributed by atoms with Crippen LogP contribution in [0.2, 0.25) is 0 Å². The van der Waals surface area contributed by atoms with E-state index in [9.17, 15) is 13.9 Å². The number of pyridine rings is 1. The van der Waals surface area contributed by atoms with Crippen molar-refractivity contribution in [3.05, 3.63) is 89.6 Å². The zero-order chi connectivity index (χ0) is 21.3. The van der Waals surface area contributed by atoms with Gasteiger partial charge in [-0.3, -0.25) is 4.98 Å². The molecule has 2 atom stereocenters. The number of nitriles is 1. The summed E-state index contributed by atoms with van der Waals surface area (Å²) in [7, 11) is 0.